The van der Waals surface area contributed by atoms with Crippen LogP contribution in [0.3, 0.4) is 0 Å². The normalized spacial score (nSPS) is 54.6. The first-order valence-corrected chi connectivity index (χ1v) is 17.3. The third-order valence-corrected chi connectivity index (χ3v) is 13.6. The third kappa shape index (κ3) is 5.18. The molecule has 3 heterocycles. The van der Waals surface area contributed by atoms with Crippen LogP contribution in [0, 0.1) is 28.6 Å². The van der Waals surface area contributed by atoms with Gasteiger partial charge in [-0.05, 0) is 81.6 Å². The van der Waals surface area contributed by atoms with Crippen LogP contribution in [0.4, 0.5) is 0 Å². The maximum absolute atomic E-state index is 13.1. The lowest BCUT2D eigenvalue weighted by Crippen LogP contribution is -2.69. The van der Waals surface area contributed by atoms with Gasteiger partial charge in [-0.3, -0.25) is 0 Å². The molecule has 0 bridgehead atoms. The Balaban J connectivity index is 1.01. The molecular weight excluding hydrogens is 616 g/mol. The number of esters is 1. The molecule has 16 atom stereocenters. The van der Waals surface area contributed by atoms with Crippen LogP contribution in [0.1, 0.15) is 78.1 Å². The van der Waals surface area contributed by atoms with Gasteiger partial charge in [0.1, 0.15) is 37.3 Å². The Bertz CT molecular complexity index is 1250. The maximum atomic E-state index is 13.1. The summed E-state index contributed by atoms with van der Waals surface area (Å²) in [6, 6.07) is 0. The SMILES string of the molecule is CC1O[C@@H](OC2CC[C@]3(C=O)C4CC[C@]5(C)[C@H](C6=CC(=O)OC6)CCC5(O)C4CCC3(O)C2)CC(O)[C@H]1O[C@@H]1OC[C@@H](O)C(O)C1O. The molecule has 2 saturated heterocycles. The van der Waals surface area contributed by atoms with Gasteiger partial charge in [0.25, 0.3) is 0 Å². The Morgan fingerprint density at radius 3 is 2.40 bits per heavy atom. The molecule has 3 aliphatic heterocycles. The van der Waals surface area contributed by atoms with E-state index in [1.165, 1.54) is 0 Å². The highest BCUT2D eigenvalue weighted by molar-refractivity contribution is 5.85. The van der Waals surface area contributed by atoms with Gasteiger partial charge < -0.3 is 59.1 Å². The molecule has 9 unspecified atom stereocenters. The van der Waals surface area contributed by atoms with Gasteiger partial charge >= 0.3 is 5.97 Å². The summed E-state index contributed by atoms with van der Waals surface area (Å²) in [4.78, 5) is 25.0. The molecule has 0 aromatic heterocycles. The summed E-state index contributed by atoms with van der Waals surface area (Å²) in [6.07, 6.45) is -1.89. The zero-order chi connectivity index (χ0) is 33.5. The van der Waals surface area contributed by atoms with Crippen molar-refractivity contribution in [1.82, 2.24) is 0 Å². The van der Waals surface area contributed by atoms with Crippen molar-refractivity contribution < 1.29 is 63.9 Å². The molecule has 7 rings (SSSR count). The van der Waals surface area contributed by atoms with Gasteiger partial charge in [-0.15, -0.1) is 0 Å². The average Bonchev–Trinajstić information content (AvgIpc) is 3.57. The molecule has 0 aromatic rings. The average molecular weight is 667 g/mol. The summed E-state index contributed by atoms with van der Waals surface area (Å²) >= 11 is 0. The van der Waals surface area contributed by atoms with Crippen molar-refractivity contribution >= 4 is 12.3 Å². The van der Waals surface area contributed by atoms with Crippen LogP contribution in [-0.2, 0) is 33.3 Å². The fraction of sp³-hybridized carbons (Fsp3) is 0.882. The van der Waals surface area contributed by atoms with Crippen molar-refractivity contribution in [1.29, 1.82) is 0 Å². The number of carbonyl (C=O) groups excluding carboxylic acids is 2. The predicted octanol–water partition coefficient (Wildman–Crippen LogP) is 0.243. The first kappa shape index (κ1) is 34.0. The Labute approximate surface area is 274 Å². The van der Waals surface area contributed by atoms with Crippen LogP contribution in [0.2, 0.25) is 0 Å². The minimum Gasteiger partial charge on any atom is -0.458 e. The van der Waals surface area contributed by atoms with Crippen molar-refractivity contribution in [2.24, 2.45) is 28.6 Å². The second-order valence-corrected chi connectivity index (χ2v) is 15.7. The van der Waals surface area contributed by atoms with E-state index in [2.05, 4.69) is 6.92 Å². The van der Waals surface area contributed by atoms with E-state index >= 15 is 0 Å². The van der Waals surface area contributed by atoms with Crippen LogP contribution in [0.15, 0.2) is 11.6 Å². The number of carbonyl (C=O) groups is 2. The van der Waals surface area contributed by atoms with E-state index in [1.807, 2.05) is 0 Å². The zero-order valence-electron chi connectivity index (χ0n) is 27.1. The molecule has 0 radical (unpaired) electrons. The maximum Gasteiger partial charge on any atom is 0.331 e. The van der Waals surface area contributed by atoms with Gasteiger partial charge in [-0.25, -0.2) is 4.79 Å². The molecule has 6 N–H and O–H groups in total. The Morgan fingerprint density at radius 1 is 0.936 bits per heavy atom. The quantitative estimate of drug-likeness (QED) is 0.128. The highest BCUT2D eigenvalue weighted by Crippen LogP contribution is 2.70. The molecule has 13 nitrogen and oxygen atoms in total. The number of cyclic esters (lactones) is 1. The molecule has 0 spiro atoms. The molecule has 4 aliphatic carbocycles. The van der Waals surface area contributed by atoms with Crippen molar-refractivity contribution in [2.45, 2.75) is 145 Å². The second-order valence-electron chi connectivity index (χ2n) is 15.7. The molecule has 264 valence electrons. The summed E-state index contributed by atoms with van der Waals surface area (Å²) in [5.74, 6) is -0.635. The number of aliphatic hydroxyl groups excluding tert-OH is 4. The largest absolute Gasteiger partial charge is 0.458 e. The summed E-state index contributed by atoms with van der Waals surface area (Å²) < 4.78 is 28.7. The standard InChI is InChI=1S/C34H50O13/c1-17-29(47-30-28(40)27(39)24(37)15-44-30)23(36)12-26(45-17)46-19-3-8-32(16-35)21-4-7-31(2)20(18-11-25(38)43-14-18)6-10-34(31,42)22(21)5-9-33(32,41)13-19/h11,16-17,19-24,26-30,36-37,39-42H,3-10,12-15H2,1-2H3/t17?,19?,20-,21?,22?,23?,24+,26-,27?,28?,29-,30-,31+,32-,33?,34?/m0/s1. The highest BCUT2D eigenvalue weighted by atomic mass is 16.7. The van der Waals surface area contributed by atoms with Gasteiger partial charge in [-0.2, -0.15) is 0 Å². The van der Waals surface area contributed by atoms with Crippen LogP contribution >= 0.6 is 0 Å². The van der Waals surface area contributed by atoms with Crippen LogP contribution < -0.4 is 0 Å². The Kier molecular flexibility index (Phi) is 8.72. The Hall–Kier alpha value is -1.52. The lowest BCUT2D eigenvalue weighted by atomic mass is 9.41. The van der Waals surface area contributed by atoms with E-state index in [4.69, 9.17) is 23.7 Å². The molecular formula is C34H50O13. The lowest BCUT2D eigenvalue weighted by molar-refractivity contribution is -0.331. The molecule has 4 saturated carbocycles. The summed E-state index contributed by atoms with van der Waals surface area (Å²) in [6.45, 7) is 3.86. The minimum absolute atomic E-state index is 0.0370. The second kappa shape index (κ2) is 12.1. The van der Waals surface area contributed by atoms with Crippen molar-refractivity contribution in [3.05, 3.63) is 11.6 Å². The number of fused-ring (bicyclic) bond motifs is 5. The van der Waals surface area contributed by atoms with E-state index in [-0.39, 0.29) is 49.8 Å². The van der Waals surface area contributed by atoms with E-state index < -0.39 is 77.3 Å². The third-order valence-electron chi connectivity index (χ3n) is 13.6. The summed E-state index contributed by atoms with van der Waals surface area (Å²) in [5, 5.41) is 65.7. The monoisotopic (exact) mass is 666 g/mol. The van der Waals surface area contributed by atoms with Gasteiger partial charge in [0.15, 0.2) is 12.6 Å². The van der Waals surface area contributed by atoms with Crippen LogP contribution in [-0.4, -0.2) is 123 Å². The van der Waals surface area contributed by atoms with Gasteiger partial charge in [-0.1, -0.05) is 6.92 Å². The van der Waals surface area contributed by atoms with E-state index in [9.17, 15) is 40.2 Å². The minimum atomic E-state index is -1.50. The topological polar surface area (TPSA) is 202 Å². The number of hydrogen-bond acceptors (Lipinski definition) is 13. The van der Waals surface area contributed by atoms with E-state index in [0.717, 1.165) is 18.3 Å². The lowest BCUT2D eigenvalue weighted by Gasteiger charge is -2.65. The summed E-state index contributed by atoms with van der Waals surface area (Å²) in [7, 11) is 0. The van der Waals surface area contributed by atoms with Crippen molar-refractivity contribution in [3.63, 3.8) is 0 Å². The summed E-state index contributed by atoms with van der Waals surface area (Å²) in [5.41, 5.74) is -2.86. The molecule has 7 aliphatic rings. The molecule has 0 amide bonds. The molecule has 47 heavy (non-hydrogen) atoms. The number of ether oxygens (including phenoxy) is 5. The van der Waals surface area contributed by atoms with Gasteiger partial charge in [0.2, 0.25) is 0 Å². The van der Waals surface area contributed by atoms with Crippen molar-refractivity contribution in [2.75, 3.05) is 13.2 Å². The van der Waals surface area contributed by atoms with E-state index in [0.29, 0.717) is 44.9 Å². The van der Waals surface area contributed by atoms with Gasteiger partial charge in [0, 0.05) is 24.3 Å². The fourth-order valence-electron chi connectivity index (χ4n) is 11.0. The number of aldehydes is 1. The van der Waals surface area contributed by atoms with Gasteiger partial charge in [0.05, 0.1) is 41.5 Å². The molecule has 0 aromatic carbocycles. The number of aliphatic hydroxyl groups is 6. The Morgan fingerprint density at radius 2 is 1.70 bits per heavy atom. The molecule has 6 fully saturated rings. The molecule has 13 heteroatoms. The first-order chi connectivity index (χ1) is 22.2. The van der Waals surface area contributed by atoms with Crippen LogP contribution in [0.25, 0.3) is 0 Å². The predicted molar refractivity (Wildman–Crippen MR) is 160 cm³/mol. The highest BCUT2D eigenvalue weighted by Gasteiger charge is 2.71. The van der Waals surface area contributed by atoms with Crippen LogP contribution in [0.5, 0.6) is 0 Å². The van der Waals surface area contributed by atoms with E-state index in [1.54, 1.807) is 13.0 Å². The fourth-order valence-corrected chi connectivity index (χ4v) is 11.0. The zero-order valence-corrected chi connectivity index (χ0v) is 27.1. The number of hydrogen-bond donors (Lipinski definition) is 6. The smallest absolute Gasteiger partial charge is 0.331 e. The number of rotatable bonds is 6. The first-order valence-electron chi connectivity index (χ1n) is 17.3. The van der Waals surface area contributed by atoms with Crippen molar-refractivity contribution in [3.8, 4) is 0 Å².